The van der Waals surface area contributed by atoms with Gasteiger partial charge in [0, 0.05) is 26.1 Å². The van der Waals surface area contributed by atoms with Gasteiger partial charge in [-0.1, -0.05) is 89.9 Å². The molecule has 10 heteroatoms. The van der Waals surface area contributed by atoms with E-state index in [-0.39, 0.29) is 29.8 Å². The lowest BCUT2D eigenvalue weighted by Crippen LogP contribution is -2.53. The van der Waals surface area contributed by atoms with Crippen LogP contribution in [-0.2, 0) is 32.6 Å². The molecular weight excluding hydrogens is 593 g/mol. The number of benzene rings is 4. The smallest absolute Gasteiger partial charge is 0.243 e. The molecule has 4 aromatic rings. The normalized spacial score (nSPS) is 12.5. The summed E-state index contributed by atoms with van der Waals surface area (Å²) in [6, 6.07) is 25.6. The van der Waals surface area contributed by atoms with Gasteiger partial charge in [-0.25, -0.2) is 8.42 Å². The van der Waals surface area contributed by atoms with Crippen LogP contribution in [0.25, 0.3) is 10.8 Å². The molecule has 4 aromatic carbocycles. The largest absolute Gasteiger partial charge is 0.352 e. The van der Waals surface area contributed by atoms with Crippen LogP contribution in [0.1, 0.15) is 25.0 Å². The van der Waals surface area contributed by atoms with Gasteiger partial charge >= 0.3 is 0 Å². The van der Waals surface area contributed by atoms with Crippen LogP contribution in [0.3, 0.4) is 0 Å². The molecule has 0 unspecified atom stereocenters. The van der Waals surface area contributed by atoms with E-state index in [0.717, 1.165) is 20.6 Å². The molecule has 7 nitrogen and oxygen atoms in total. The van der Waals surface area contributed by atoms with Crippen molar-refractivity contribution in [3.05, 3.63) is 112 Å². The topological polar surface area (TPSA) is 86.8 Å². The van der Waals surface area contributed by atoms with Crippen molar-refractivity contribution in [1.29, 1.82) is 0 Å². The number of sulfonamides is 1. The first-order chi connectivity index (χ1) is 20.0. The Labute approximate surface area is 257 Å². The Hall–Kier alpha value is -3.43. The third kappa shape index (κ3) is 7.69. The number of amides is 2. The lowest BCUT2D eigenvalue weighted by atomic mass is 10.0. The quantitative estimate of drug-likeness (QED) is 0.224. The second kappa shape index (κ2) is 13.7. The van der Waals surface area contributed by atoms with Crippen LogP contribution in [-0.4, -0.2) is 55.1 Å². The van der Waals surface area contributed by atoms with Crippen molar-refractivity contribution in [2.75, 3.05) is 13.6 Å². The van der Waals surface area contributed by atoms with Crippen LogP contribution in [0.4, 0.5) is 0 Å². The Bertz CT molecular complexity index is 1680. The van der Waals surface area contributed by atoms with E-state index in [2.05, 4.69) is 5.32 Å². The Morgan fingerprint density at radius 3 is 2.14 bits per heavy atom. The number of carbonyl (C=O) groups is 2. The van der Waals surface area contributed by atoms with E-state index < -0.39 is 28.5 Å². The third-order valence-electron chi connectivity index (χ3n) is 6.83. The number of carbonyl (C=O) groups excluding carboxylic acids is 2. The van der Waals surface area contributed by atoms with Crippen LogP contribution in [0.5, 0.6) is 0 Å². The molecule has 0 heterocycles. The monoisotopic (exact) mass is 625 g/mol. The molecule has 2 amide bonds. The summed E-state index contributed by atoms with van der Waals surface area (Å²) < 4.78 is 28.1. The summed E-state index contributed by atoms with van der Waals surface area (Å²) in [7, 11) is -2.66. The van der Waals surface area contributed by atoms with Crippen LogP contribution in [0, 0.1) is 0 Å². The van der Waals surface area contributed by atoms with Gasteiger partial charge in [-0.05, 0) is 60.0 Å². The molecule has 42 heavy (non-hydrogen) atoms. The summed E-state index contributed by atoms with van der Waals surface area (Å²) in [6.07, 6.45) is 0.230. The zero-order chi connectivity index (χ0) is 30.4. The molecule has 0 aliphatic carbocycles. The highest BCUT2D eigenvalue weighted by molar-refractivity contribution is 7.89. The average molecular weight is 627 g/mol. The predicted octanol–water partition coefficient (Wildman–Crippen LogP) is 5.93. The number of nitrogens with one attached hydrogen (secondary N) is 1. The molecule has 0 bridgehead atoms. The molecule has 0 saturated carbocycles. The maximum absolute atomic E-state index is 14.0. The standard InChI is InChI=1S/C32H33Cl2N3O4S/c1-22(2)35-32(39)30(18-23-9-5-4-6-10-23)37(20-24-13-16-28(33)29(34)17-24)31(38)21-36(3)42(40,41)27-15-14-25-11-7-8-12-26(25)19-27/h4-17,19,22,30H,18,20-21H2,1-3H3,(H,35,39)/t30-/m1/s1. The molecule has 0 radical (unpaired) electrons. The summed E-state index contributed by atoms with van der Waals surface area (Å²) in [5.41, 5.74) is 1.50. The lowest BCUT2D eigenvalue weighted by Gasteiger charge is -2.33. The minimum Gasteiger partial charge on any atom is -0.352 e. The minimum absolute atomic E-state index is 0.0165. The van der Waals surface area contributed by atoms with Crippen molar-refractivity contribution >= 4 is 55.8 Å². The van der Waals surface area contributed by atoms with Crippen LogP contribution < -0.4 is 5.32 Å². The van der Waals surface area contributed by atoms with Crippen LogP contribution >= 0.6 is 23.2 Å². The molecule has 0 aromatic heterocycles. The fraction of sp³-hybridized carbons (Fsp3) is 0.250. The van der Waals surface area contributed by atoms with Gasteiger partial charge in [0.1, 0.15) is 6.04 Å². The number of nitrogens with zero attached hydrogens (tertiary/aromatic N) is 2. The Balaban J connectivity index is 1.69. The van der Waals surface area contributed by atoms with Crippen molar-refractivity contribution in [2.45, 2.75) is 43.8 Å². The van der Waals surface area contributed by atoms with Crippen LogP contribution in [0.2, 0.25) is 10.0 Å². The first-order valence-corrected chi connectivity index (χ1v) is 15.7. The van der Waals surface area contributed by atoms with Crippen molar-refractivity contribution in [3.63, 3.8) is 0 Å². The highest BCUT2D eigenvalue weighted by Crippen LogP contribution is 2.25. The highest BCUT2D eigenvalue weighted by Gasteiger charge is 2.33. The fourth-order valence-electron chi connectivity index (χ4n) is 4.64. The van der Waals surface area contributed by atoms with E-state index in [0.29, 0.717) is 15.6 Å². The van der Waals surface area contributed by atoms with Gasteiger partial charge < -0.3 is 10.2 Å². The van der Waals surface area contributed by atoms with E-state index in [1.54, 1.807) is 30.3 Å². The van der Waals surface area contributed by atoms with Crippen molar-refractivity contribution in [1.82, 2.24) is 14.5 Å². The molecule has 0 aliphatic rings. The van der Waals surface area contributed by atoms with Crippen molar-refractivity contribution < 1.29 is 18.0 Å². The Kier molecular flexibility index (Phi) is 10.3. The van der Waals surface area contributed by atoms with E-state index in [1.165, 1.54) is 18.0 Å². The van der Waals surface area contributed by atoms with E-state index in [1.807, 2.05) is 68.4 Å². The number of rotatable bonds is 11. The number of likely N-dealkylation sites (N-methyl/N-ethyl adjacent to an activating group) is 1. The first-order valence-electron chi connectivity index (χ1n) is 13.5. The second-order valence-corrected chi connectivity index (χ2v) is 13.3. The van der Waals surface area contributed by atoms with Crippen molar-refractivity contribution in [2.24, 2.45) is 0 Å². The van der Waals surface area contributed by atoms with Gasteiger partial charge in [-0.2, -0.15) is 4.31 Å². The summed E-state index contributed by atoms with van der Waals surface area (Å²) >= 11 is 12.4. The second-order valence-electron chi connectivity index (χ2n) is 10.4. The number of hydrogen-bond acceptors (Lipinski definition) is 4. The number of fused-ring (bicyclic) bond motifs is 1. The Morgan fingerprint density at radius 1 is 0.810 bits per heavy atom. The van der Waals surface area contributed by atoms with E-state index in [9.17, 15) is 18.0 Å². The third-order valence-corrected chi connectivity index (χ3v) is 9.36. The first kappa shape index (κ1) is 31.5. The fourth-order valence-corrected chi connectivity index (χ4v) is 6.12. The maximum Gasteiger partial charge on any atom is 0.243 e. The molecular formula is C32H33Cl2N3O4S. The molecule has 1 atom stereocenters. The average Bonchev–Trinajstić information content (AvgIpc) is 2.96. The van der Waals surface area contributed by atoms with E-state index >= 15 is 0 Å². The molecule has 0 aliphatic heterocycles. The molecule has 0 fully saturated rings. The van der Waals surface area contributed by atoms with Gasteiger partial charge in [-0.15, -0.1) is 0 Å². The van der Waals surface area contributed by atoms with Gasteiger partial charge in [0.15, 0.2) is 0 Å². The summed E-state index contributed by atoms with van der Waals surface area (Å²) in [6.45, 7) is 3.22. The van der Waals surface area contributed by atoms with Crippen LogP contribution in [0.15, 0.2) is 95.9 Å². The highest BCUT2D eigenvalue weighted by atomic mass is 35.5. The Morgan fingerprint density at radius 2 is 1.48 bits per heavy atom. The zero-order valence-corrected chi connectivity index (χ0v) is 26.0. The molecule has 1 N–H and O–H groups in total. The number of hydrogen-bond donors (Lipinski definition) is 1. The summed E-state index contributed by atoms with van der Waals surface area (Å²) in [5, 5.41) is 5.26. The zero-order valence-electron chi connectivity index (χ0n) is 23.6. The van der Waals surface area contributed by atoms with Crippen molar-refractivity contribution in [3.8, 4) is 0 Å². The maximum atomic E-state index is 14.0. The predicted molar refractivity (Wildman–Crippen MR) is 168 cm³/mol. The summed E-state index contributed by atoms with van der Waals surface area (Å²) in [4.78, 5) is 29.1. The van der Waals surface area contributed by atoms with Gasteiger partial charge in [0.25, 0.3) is 0 Å². The minimum atomic E-state index is -4.02. The van der Waals surface area contributed by atoms with Gasteiger partial charge in [0.05, 0.1) is 21.5 Å². The molecule has 4 rings (SSSR count). The molecule has 0 saturated heterocycles. The summed E-state index contributed by atoms with van der Waals surface area (Å²) in [5.74, 6) is -0.880. The lowest BCUT2D eigenvalue weighted by molar-refractivity contribution is -0.141. The molecule has 220 valence electrons. The van der Waals surface area contributed by atoms with Gasteiger partial charge in [0.2, 0.25) is 21.8 Å². The van der Waals surface area contributed by atoms with E-state index in [4.69, 9.17) is 23.2 Å². The number of halogens is 2. The SMILES string of the molecule is CC(C)NC(=O)[C@@H](Cc1ccccc1)N(Cc1ccc(Cl)c(Cl)c1)C(=O)CN(C)S(=O)(=O)c1ccc2ccccc2c1. The van der Waals surface area contributed by atoms with Gasteiger partial charge in [-0.3, -0.25) is 9.59 Å². The molecule has 0 spiro atoms.